The van der Waals surface area contributed by atoms with Crippen molar-refractivity contribution >= 4 is 52.4 Å². The summed E-state index contributed by atoms with van der Waals surface area (Å²) < 4.78 is 41.3. The third-order valence-corrected chi connectivity index (χ3v) is 3.91. The SMILES string of the molecule is O=C(COC(=O)c1ccc(NC(=O)C(F)(F)F)cc1)Nc1ccc(Cl)c(Cl)c1. The van der Waals surface area contributed by atoms with Crippen LogP contribution in [-0.4, -0.2) is 30.6 Å². The predicted octanol–water partition coefficient (Wildman–Crippen LogP) is 4.29. The van der Waals surface area contributed by atoms with Gasteiger partial charge in [0.1, 0.15) is 0 Å². The fourth-order valence-electron chi connectivity index (χ4n) is 1.88. The van der Waals surface area contributed by atoms with Crippen LogP contribution < -0.4 is 10.6 Å². The zero-order chi connectivity index (χ0) is 20.9. The molecule has 0 spiro atoms. The molecule has 0 aliphatic heterocycles. The van der Waals surface area contributed by atoms with Crippen molar-refractivity contribution in [3.05, 3.63) is 58.1 Å². The van der Waals surface area contributed by atoms with E-state index in [4.69, 9.17) is 27.9 Å². The van der Waals surface area contributed by atoms with Crippen LogP contribution >= 0.6 is 23.2 Å². The smallest absolute Gasteiger partial charge is 0.452 e. The Kier molecular flexibility index (Phi) is 6.87. The lowest BCUT2D eigenvalue weighted by Gasteiger charge is -2.09. The van der Waals surface area contributed by atoms with Crippen molar-refractivity contribution in [1.82, 2.24) is 0 Å². The molecule has 0 atom stereocenters. The van der Waals surface area contributed by atoms with Gasteiger partial charge in [-0.25, -0.2) is 4.79 Å². The number of carbonyl (C=O) groups is 3. The van der Waals surface area contributed by atoms with Gasteiger partial charge in [0.2, 0.25) is 0 Å². The van der Waals surface area contributed by atoms with Crippen molar-refractivity contribution in [2.24, 2.45) is 0 Å². The second-order valence-electron chi connectivity index (χ2n) is 5.28. The van der Waals surface area contributed by atoms with Crippen molar-refractivity contribution in [2.45, 2.75) is 6.18 Å². The van der Waals surface area contributed by atoms with E-state index in [0.29, 0.717) is 10.7 Å². The number of esters is 1. The van der Waals surface area contributed by atoms with E-state index in [1.807, 2.05) is 0 Å². The summed E-state index contributed by atoms with van der Waals surface area (Å²) in [6, 6.07) is 8.87. The van der Waals surface area contributed by atoms with Crippen LogP contribution in [-0.2, 0) is 14.3 Å². The molecule has 2 amide bonds. The number of halogens is 5. The molecule has 0 radical (unpaired) electrons. The Balaban J connectivity index is 1.87. The van der Waals surface area contributed by atoms with E-state index >= 15 is 0 Å². The Morgan fingerprint density at radius 3 is 2.07 bits per heavy atom. The second-order valence-corrected chi connectivity index (χ2v) is 6.10. The molecule has 2 aromatic rings. The van der Waals surface area contributed by atoms with Gasteiger partial charge in [-0.2, -0.15) is 13.2 Å². The molecule has 11 heteroatoms. The van der Waals surface area contributed by atoms with E-state index in [-0.39, 0.29) is 16.3 Å². The van der Waals surface area contributed by atoms with Crippen LogP contribution in [0.1, 0.15) is 10.4 Å². The van der Waals surface area contributed by atoms with Gasteiger partial charge in [-0.15, -0.1) is 0 Å². The molecule has 28 heavy (non-hydrogen) atoms. The maximum absolute atomic E-state index is 12.2. The van der Waals surface area contributed by atoms with Gasteiger partial charge in [0.25, 0.3) is 5.91 Å². The predicted molar refractivity (Wildman–Crippen MR) is 96.5 cm³/mol. The van der Waals surface area contributed by atoms with Crippen molar-refractivity contribution in [2.75, 3.05) is 17.2 Å². The van der Waals surface area contributed by atoms with E-state index in [1.54, 1.807) is 5.32 Å². The maximum Gasteiger partial charge on any atom is 0.471 e. The number of nitrogens with one attached hydrogen (secondary N) is 2. The first-order valence-corrected chi connectivity index (χ1v) is 8.22. The van der Waals surface area contributed by atoms with E-state index in [9.17, 15) is 27.6 Å². The first-order valence-electron chi connectivity index (χ1n) is 7.46. The summed E-state index contributed by atoms with van der Waals surface area (Å²) in [6.07, 6.45) is -5.03. The highest BCUT2D eigenvalue weighted by atomic mass is 35.5. The monoisotopic (exact) mass is 434 g/mol. The molecule has 0 bridgehead atoms. The number of rotatable bonds is 5. The average molecular weight is 435 g/mol. The number of carbonyl (C=O) groups excluding carboxylic acids is 3. The van der Waals surface area contributed by atoms with E-state index in [0.717, 1.165) is 24.3 Å². The fraction of sp³-hybridized carbons (Fsp3) is 0.118. The molecular formula is C17H11Cl2F3N2O4. The van der Waals surface area contributed by atoms with Gasteiger partial charge in [-0.3, -0.25) is 9.59 Å². The van der Waals surface area contributed by atoms with Crippen LogP contribution in [0.2, 0.25) is 10.0 Å². The summed E-state index contributed by atoms with van der Waals surface area (Å²) >= 11 is 11.6. The number of benzene rings is 2. The molecule has 0 aliphatic carbocycles. The summed E-state index contributed by atoms with van der Waals surface area (Å²) in [5.74, 6) is -3.65. The molecule has 0 aromatic heterocycles. The fourth-order valence-corrected chi connectivity index (χ4v) is 2.18. The summed E-state index contributed by atoms with van der Waals surface area (Å²) in [5.41, 5.74) is 0.170. The van der Waals surface area contributed by atoms with Crippen LogP contribution in [0.3, 0.4) is 0 Å². The Hall–Kier alpha value is -2.78. The van der Waals surface area contributed by atoms with Crippen molar-refractivity contribution in [1.29, 1.82) is 0 Å². The second kappa shape index (κ2) is 8.94. The van der Waals surface area contributed by atoms with Crippen molar-refractivity contribution in [3.8, 4) is 0 Å². The lowest BCUT2D eigenvalue weighted by molar-refractivity contribution is -0.167. The Bertz CT molecular complexity index is 902. The highest BCUT2D eigenvalue weighted by Gasteiger charge is 2.38. The first-order chi connectivity index (χ1) is 13.1. The maximum atomic E-state index is 12.2. The van der Waals surface area contributed by atoms with Gasteiger partial charge >= 0.3 is 18.1 Å². The number of hydrogen-bond donors (Lipinski definition) is 2. The summed E-state index contributed by atoms with van der Waals surface area (Å²) in [6.45, 7) is -0.606. The van der Waals surface area contributed by atoms with E-state index in [2.05, 4.69) is 5.32 Å². The third-order valence-electron chi connectivity index (χ3n) is 3.17. The van der Waals surface area contributed by atoms with Crippen molar-refractivity contribution in [3.63, 3.8) is 0 Å². The van der Waals surface area contributed by atoms with Gasteiger partial charge < -0.3 is 15.4 Å². The molecule has 2 rings (SSSR count). The number of anilines is 2. The quantitative estimate of drug-likeness (QED) is 0.687. The Morgan fingerprint density at radius 2 is 1.50 bits per heavy atom. The Morgan fingerprint density at radius 1 is 0.893 bits per heavy atom. The largest absolute Gasteiger partial charge is 0.471 e. The van der Waals surface area contributed by atoms with Gasteiger partial charge in [0.15, 0.2) is 6.61 Å². The van der Waals surface area contributed by atoms with Crippen molar-refractivity contribution < 1.29 is 32.3 Å². The molecule has 0 saturated heterocycles. The average Bonchev–Trinajstić information content (AvgIpc) is 2.62. The molecule has 0 unspecified atom stereocenters. The zero-order valence-electron chi connectivity index (χ0n) is 13.8. The van der Waals surface area contributed by atoms with Crippen LogP contribution in [0.4, 0.5) is 24.5 Å². The minimum absolute atomic E-state index is 0.0210. The number of alkyl halides is 3. The summed E-state index contributed by atoms with van der Waals surface area (Å²) in [4.78, 5) is 34.5. The van der Waals surface area contributed by atoms with Gasteiger partial charge in [-0.1, -0.05) is 23.2 Å². The third kappa shape index (κ3) is 6.14. The minimum Gasteiger partial charge on any atom is -0.452 e. The lowest BCUT2D eigenvalue weighted by atomic mass is 10.2. The zero-order valence-corrected chi connectivity index (χ0v) is 15.3. The van der Waals surface area contributed by atoms with Gasteiger partial charge in [-0.05, 0) is 42.5 Å². The molecule has 2 aromatic carbocycles. The molecule has 0 aliphatic rings. The molecule has 0 heterocycles. The van der Waals surface area contributed by atoms with Crippen LogP contribution in [0.25, 0.3) is 0 Å². The standard InChI is InChI=1S/C17H11Cl2F3N2O4/c18-12-6-5-11(7-13(12)19)23-14(25)8-28-15(26)9-1-3-10(4-2-9)24-16(27)17(20,21)22/h1-7H,8H2,(H,23,25)(H,24,27). The molecule has 0 saturated carbocycles. The van der Waals surface area contributed by atoms with Gasteiger partial charge in [0.05, 0.1) is 15.6 Å². The highest BCUT2D eigenvalue weighted by molar-refractivity contribution is 6.42. The van der Waals surface area contributed by atoms with Crippen LogP contribution in [0, 0.1) is 0 Å². The van der Waals surface area contributed by atoms with Crippen LogP contribution in [0.15, 0.2) is 42.5 Å². The molecule has 0 fully saturated rings. The molecule has 2 N–H and O–H groups in total. The number of hydrogen-bond acceptors (Lipinski definition) is 4. The minimum atomic E-state index is -5.03. The normalized spacial score (nSPS) is 10.9. The van der Waals surface area contributed by atoms with Crippen LogP contribution in [0.5, 0.6) is 0 Å². The Labute approximate surface area is 166 Å². The summed E-state index contributed by atoms with van der Waals surface area (Å²) in [5, 5.41) is 4.62. The van der Waals surface area contributed by atoms with E-state index in [1.165, 1.54) is 18.2 Å². The van der Waals surface area contributed by atoms with E-state index < -0.39 is 30.6 Å². The van der Waals surface area contributed by atoms with Gasteiger partial charge in [0, 0.05) is 11.4 Å². The number of ether oxygens (including phenoxy) is 1. The lowest BCUT2D eigenvalue weighted by Crippen LogP contribution is -2.29. The molecular weight excluding hydrogens is 424 g/mol. The molecule has 6 nitrogen and oxygen atoms in total. The first kappa shape index (κ1) is 21.5. The highest BCUT2D eigenvalue weighted by Crippen LogP contribution is 2.25. The topological polar surface area (TPSA) is 84.5 Å². The molecule has 148 valence electrons. The number of amides is 2. The summed E-state index contributed by atoms with van der Waals surface area (Å²) in [7, 11) is 0.